The number of amides is 3. The lowest BCUT2D eigenvalue weighted by atomic mass is 9.88. The third kappa shape index (κ3) is 3.71. The quantitative estimate of drug-likeness (QED) is 0.887. The van der Waals surface area contributed by atoms with Gasteiger partial charge in [-0.1, -0.05) is 23.4 Å². The molecule has 1 atom stereocenters. The Balaban J connectivity index is 1.43. The fraction of sp³-hybridized carbons (Fsp3) is 0.474. The normalized spacial score (nSPS) is 21.4. The number of nitrogens with one attached hydrogen (secondary N) is 1. The van der Waals surface area contributed by atoms with Gasteiger partial charge in [0.1, 0.15) is 0 Å². The van der Waals surface area contributed by atoms with Crippen molar-refractivity contribution in [1.29, 1.82) is 0 Å². The molecule has 3 heterocycles. The molecule has 142 valence electrons. The number of urea groups is 1. The minimum Gasteiger partial charge on any atom is -0.381 e. The van der Waals surface area contributed by atoms with E-state index < -0.39 is 6.03 Å². The summed E-state index contributed by atoms with van der Waals surface area (Å²) >= 11 is 0. The second kappa shape index (κ2) is 7.48. The fourth-order valence-electron chi connectivity index (χ4n) is 3.64. The van der Waals surface area contributed by atoms with E-state index in [2.05, 4.69) is 15.5 Å². The summed E-state index contributed by atoms with van der Waals surface area (Å²) in [5.41, 5.74) is 1.85. The molecular weight excluding hydrogens is 348 g/mol. The predicted octanol–water partition coefficient (Wildman–Crippen LogP) is 2.28. The zero-order valence-electron chi connectivity index (χ0n) is 15.2. The van der Waals surface area contributed by atoms with Crippen molar-refractivity contribution in [1.82, 2.24) is 20.4 Å². The van der Waals surface area contributed by atoms with E-state index in [0.29, 0.717) is 31.3 Å². The molecule has 0 saturated carbocycles. The highest BCUT2D eigenvalue weighted by atomic mass is 16.5. The second-order valence-corrected chi connectivity index (χ2v) is 7.02. The summed E-state index contributed by atoms with van der Waals surface area (Å²) in [4.78, 5) is 30.5. The van der Waals surface area contributed by atoms with E-state index in [1.807, 2.05) is 31.2 Å². The summed E-state index contributed by atoms with van der Waals surface area (Å²) in [5.74, 6) is 0.762. The molecule has 0 spiro atoms. The minimum atomic E-state index is -0.398. The molecule has 2 aliphatic heterocycles. The average Bonchev–Trinajstić information content (AvgIpc) is 3.14. The number of carbonyl (C=O) groups excluding carboxylic acids is 2. The monoisotopic (exact) mass is 370 g/mol. The van der Waals surface area contributed by atoms with Crippen molar-refractivity contribution in [3.63, 3.8) is 0 Å². The van der Waals surface area contributed by atoms with Gasteiger partial charge in [0, 0.05) is 31.2 Å². The number of benzene rings is 1. The van der Waals surface area contributed by atoms with Crippen LogP contribution >= 0.6 is 0 Å². The smallest absolute Gasteiger partial charge is 0.324 e. The first kappa shape index (κ1) is 17.7. The van der Waals surface area contributed by atoms with Gasteiger partial charge >= 0.3 is 6.03 Å². The number of hydrogen-bond donors (Lipinski definition) is 1. The van der Waals surface area contributed by atoms with Gasteiger partial charge in [-0.2, -0.15) is 4.98 Å². The molecule has 8 heteroatoms. The zero-order chi connectivity index (χ0) is 18.8. The van der Waals surface area contributed by atoms with Crippen molar-refractivity contribution >= 4 is 11.9 Å². The standard InChI is InChI=1S/C19H22N4O4/c1-12-4-2-3-5-14(12)18-21-16(22-27-18)11-23-17(24)10-15(20-19(23)25)13-6-8-26-9-7-13/h2-5,13,15H,6-11H2,1H3,(H,20,25). The van der Waals surface area contributed by atoms with Crippen LogP contribution in [-0.4, -0.2) is 46.2 Å². The predicted molar refractivity (Wildman–Crippen MR) is 95.5 cm³/mol. The first-order valence-corrected chi connectivity index (χ1v) is 9.19. The summed E-state index contributed by atoms with van der Waals surface area (Å²) in [5, 5.41) is 6.89. The molecule has 2 aliphatic rings. The SMILES string of the molecule is Cc1ccccc1-c1nc(CN2C(=O)CC(C3CCOCC3)NC2=O)no1. The van der Waals surface area contributed by atoms with E-state index in [-0.39, 0.29) is 24.4 Å². The Hall–Kier alpha value is -2.74. The number of carbonyl (C=O) groups is 2. The molecule has 0 aliphatic carbocycles. The van der Waals surface area contributed by atoms with Crippen LogP contribution in [-0.2, 0) is 16.1 Å². The van der Waals surface area contributed by atoms with Gasteiger partial charge in [0.2, 0.25) is 5.91 Å². The van der Waals surface area contributed by atoms with Crippen molar-refractivity contribution in [2.75, 3.05) is 13.2 Å². The lowest BCUT2D eigenvalue weighted by Crippen LogP contribution is -2.57. The van der Waals surface area contributed by atoms with Gasteiger partial charge in [0.15, 0.2) is 5.82 Å². The summed E-state index contributed by atoms with van der Waals surface area (Å²) in [6.45, 7) is 3.32. The highest BCUT2D eigenvalue weighted by Crippen LogP contribution is 2.25. The van der Waals surface area contributed by atoms with Gasteiger partial charge in [0.25, 0.3) is 5.89 Å². The van der Waals surface area contributed by atoms with Crippen LogP contribution in [0.4, 0.5) is 4.79 Å². The maximum Gasteiger partial charge on any atom is 0.324 e. The summed E-state index contributed by atoms with van der Waals surface area (Å²) in [6.07, 6.45) is 2.02. The van der Waals surface area contributed by atoms with E-state index in [9.17, 15) is 9.59 Å². The second-order valence-electron chi connectivity index (χ2n) is 7.02. The molecule has 1 aromatic heterocycles. The van der Waals surface area contributed by atoms with Gasteiger partial charge in [-0.05, 0) is 37.3 Å². The Morgan fingerprint density at radius 1 is 1.22 bits per heavy atom. The summed E-state index contributed by atoms with van der Waals surface area (Å²) in [6, 6.07) is 7.15. The number of aromatic nitrogens is 2. The maximum atomic E-state index is 12.5. The van der Waals surface area contributed by atoms with Crippen LogP contribution in [0.15, 0.2) is 28.8 Å². The highest BCUT2D eigenvalue weighted by molar-refractivity contribution is 5.97. The number of nitrogens with zero attached hydrogens (tertiary/aromatic N) is 3. The minimum absolute atomic E-state index is 0.000541. The number of aryl methyl sites for hydroxylation is 1. The molecule has 8 nitrogen and oxygen atoms in total. The largest absolute Gasteiger partial charge is 0.381 e. The molecule has 3 amide bonds. The number of ether oxygens (including phenoxy) is 1. The van der Waals surface area contributed by atoms with Crippen LogP contribution < -0.4 is 5.32 Å². The third-order valence-corrected chi connectivity index (χ3v) is 5.23. The van der Waals surface area contributed by atoms with Crippen LogP contribution in [0.25, 0.3) is 11.5 Å². The molecule has 1 aromatic carbocycles. The molecule has 0 radical (unpaired) electrons. The van der Waals surface area contributed by atoms with Gasteiger partial charge < -0.3 is 14.6 Å². The average molecular weight is 370 g/mol. The van der Waals surface area contributed by atoms with E-state index >= 15 is 0 Å². The Morgan fingerprint density at radius 2 is 2.00 bits per heavy atom. The fourth-order valence-corrected chi connectivity index (χ4v) is 3.64. The van der Waals surface area contributed by atoms with E-state index in [4.69, 9.17) is 9.26 Å². The number of hydrogen-bond acceptors (Lipinski definition) is 6. The molecule has 2 aromatic rings. The Bertz CT molecular complexity index is 826. The van der Waals surface area contributed by atoms with Gasteiger partial charge in [0.05, 0.1) is 6.54 Å². The van der Waals surface area contributed by atoms with E-state index in [1.54, 1.807) is 0 Å². The molecule has 0 bridgehead atoms. The van der Waals surface area contributed by atoms with Crippen LogP contribution in [0, 0.1) is 12.8 Å². The van der Waals surface area contributed by atoms with Crippen LogP contribution in [0.3, 0.4) is 0 Å². The summed E-state index contributed by atoms with van der Waals surface area (Å²) in [7, 11) is 0. The summed E-state index contributed by atoms with van der Waals surface area (Å²) < 4.78 is 10.7. The van der Waals surface area contributed by atoms with Crippen molar-refractivity contribution in [2.24, 2.45) is 5.92 Å². The van der Waals surface area contributed by atoms with Crippen molar-refractivity contribution in [3.8, 4) is 11.5 Å². The topological polar surface area (TPSA) is 97.6 Å². The first-order valence-electron chi connectivity index (χ1n) is 9.19. The molecule has 2 fully saturated rings. The Labute approximate surface area is 156 Å². The lowest BCUT2D eigenvalue weighted by Gasteiger charge is -2.36. The van der Waals surface area contributed by atoms with Gasteiger partial charge in [-0.25, -0.2) is 4.79 Å². The number of imide groups is 1. The molecule has 4 rings (SSSR count). The number of rotatable bonds is 4. The molecule has 27 heavy (non-hydrogen) atoms. The Kier molecular flexibility index (Phi) is 4.89. The van der Waals surface area contributed by atoms with Crippen molar-refractivity contribution in [3.05, 3.63) is 35.7 Å². The lowest BCUT2D eigenvalue weighted by molar-refractivity contribution is -0.131. The maximum absolute atomic E-state index is 12.5. The Morgan fingerprint density at radius 3 is 2.74 bits per heavy atom. The van der Waals surface area contributed by atoms with Gasteiger partial charge in [-0.3, -0.25) is 9.69 Å². The van der Waals surface area contributed by atoms with Crippen LogP contribution in [0.1, 0.15) is 30.7 Å². The zero-order valence-corrected chi connectivity index (χ0v) is 15.2. The first-order chi connectivity index (χ1) is 13.1. The third-order valence-electron chi connectivity index (χ3n) is 5.23. The van der Waals surface area contributed by atoms with E-state index in [1.165, 1.54) is 0 Å². The molecule has 2 saturated heterocycles. The molecule has 1 N–H and O–H groups in total. The molecular formula is C19H22N4O4. The van der Waals surface area contributed by atoms with Crippen molar-refractivity contribution < 1.29 is 18.8 Å². The highest BCUT2D eigenvalue weighted by Gasteiger charge is 2.37. The molecule has 1 unspecified atom stereocenters. The van der Waals surface area contributed by atoms with E-state index in [0.717, 1.165) is 28.9 Å². The van der Waals surface area contributed by atoms with Gasteiger partial charge in [-0.15, -0.1) is 0 Å². The van der Waals surface area contributed by atoms with Crippen LogP contribution in [0.5, 0.6) is 0 Å². The van der Waals surface area contributed by atoms with Crippen molar-refractivity contribution in [2.45, 2.75) is 38.8 Å². The van der Waals surface area contributed by atoms with Crippen LogP contribution in [0.2, 0.25) is 0 Å².